The standard InChI is InChI=1S/C17H12ClN3O4/c18-12-6-5-9(7-13(12)19)20-17(25)21-8-11(16(23)24)15(22)10-3-1-2-4-14(10)21/h1-8H,19H2,(H,20,25)(H,23,24). The maximum atomic E-state index is 12.6. The van der Waals surface area contributed by atoms with Crippen molar-refractivity contribution in [3.05, 3.63) is 69.5 Å². The number of para-hydroxylation sites is 1. The molecule has 0 aliphatic heterocycles. The summed E-state index contributed by atoms with van der Waals surface area (Å²) >= 11 is 5.84. The van der Waals surface area contributed by atoms with E-state index in [2.05, 4.69) is 5.32 Å². The van der Waals surface area contributed by atoms with Gasteiger partial charge in [-0.05, 0) is 30.3 Å². The van der Waals surface area contributed by atoms with E-state index < -0.39 is 23.0 Å². The van der Waals surface area contributed by atoms with Crippen LogP contribution in [0, 0.1) is 0 Å². The molecule has 8 heteroatoms. The molecule has 0 radical (unpaired) electrons. The minimum absolute atomic E-state index is 0.133. The Labute approximate surface area is 146 Å². The lowest BCUT2D eigenvalue weighted by Crippen LogP contribution is -2.25. The summed E-state index contributed by atoms with van der Waals surface area (Å²) in [5.74, 6) is -1.41. The number of nitrogen functional groups attached to an aromatic ring is 1. The number of nitrogens with one attached hydrogen (secondary N) is 1. The molecule has 0 atom stereocenters. The quantitative estimate of drug-likeness (QED) is 0.610. The predicted octanol–water partition coefficient (Wildman–Crippen LogP) is 3.02. The fourth-order valence-corrected chi connectivity index (χ4v) is 2.52. The highest BCUT2D eigenvalue weighted by Gasteiger charge is 2.17. The van der Waals surface area contributed by atoms with Crippen molar-refractivity contribution in [1.82, 2.24) is 4.57 Å². The molecular formula is C17H12ClN3O4. The summed E-state index contributed by atoms with van der Waals surface area (Å²) < 4.78 is 1.07. The third-order valence-electron chi connectivity index (χ3n) is 3.61. The second kappa shape index (κ2) is 6.29. The molecule has 0 saturated carbocycles. The van der Waals surface area contributed by atoms with Crippen molar-refractivity contribution >= 4 is 45.9 Å². The van der Waals surface area contributed by atoms with E-state index in [0.717, 1.165) is 10.8 Å². The number of pyridine rings is 1. The monoisotopic (exact) mass is 357 g/mol. The second-order valence-corrected chi connectivity index (χ2v) is 5.64. The van der Waals surface area contributed by atoms with Crippen LogP contribution in [0.15, 0.2) is 53.5 Å². The van der Waals surface area contributed by atoms with Gasteiger partial charge in [-0.3, -0.25) is 9.36 Å². The van der Waals surface area contributed by atoms with Crippen LogP contribution < -0.4 is 16.5 Å². The number of aromatic carboxylic acids is 1. The van der Waals surface area contributed by atoms with Gasteiger partial charge in [0, 0.05) is 17.3 Å². The van der Waals surface area contributed by atoms with Gasteiger partial charge in [-0.1, -0.05) is 23.7 Å². The third kappa shape index (κ3) is 3.05. The van der Waals surface area contributed by atoms with Crippen molar-refractivity contribution < 1.29 is 14.7 Å². The molecule has 2 aromatic carbocycles. The number of carboxylic acid groups (broad SMARTS) is 1. The number of hydrogen-bond donors (Lipinski definition) is 3. The van der Waals surface area contributed by atoms with E-state index in [0.29, 0.717) is 10.7 Å². The third-order valence-corrected chi connectivity index (χ3v) is 3.95. The van der Waals surface area contributed by atoms with Gasteiger partial charge in [0.25, 0.3) is 0 Å². The van der Waals surface area contributed by atoms with Gasteiger partial charge >= 0.3 is 12.0 Å². The second-order valence-electron chi connectivity index (χ2n) is 5.23. The molecule has 3 aromatic rings. The summed E-state index contributed by atoms with van der Waals surface area (Å²) in [4.78, 5) is 36.1. The molecule has 1 aromatic heterocycles. The molecule has 7 nitrogen and oxygen atoms in total. The molecule has 0 aliphatic rings. The van der Waals surface area contributed by atoms with Crippen molar-refractivity contribution in [2.45, 2.75) is 0 Å². The van der Waals surface area contributed by atoms with Crippen molar-refractivity contribution in [1.29, 1.82) is 0 Å². The Morgan fingerprint density at radius 3 is 2.56 bits per heavy atom. The van der Waals surface area contributed by atoms with E-state index in [1.807, 2.05) is 0 Å². The first-order valence-electron chi connectivity index (χ1n) is 7.12. The smallest absolute Gasteiger partial charge is 0.341 e. The number of aromatic nitrogens is 1. The number of carbonyl (C=O) groups is 2. The first-order chi connectivity index (χ1) is 11.9. The Morgan fingerprint density at radius 2 is 1.88 bits per heavy atom. The first-order valence-corrected chi connectivity index (χ1v) is 7.50. The van der Waals surface area contributed by atoms with Gasteiger partial charge in [-0.25, -0.2) is 9.59 Å². The molecule has 0 saturated heterocycles. The highest BCUT2D eigenvalue weighted by molar-refractivity contribution is 6.33. The highest BCUT2D eigenvalue weighted by Crippen LogP contribution is 2.22. The van der Waals surface area contributed by atoms with Gasteiger partial charge in [0.15, 0.2) is 0 Å². The molecule has 0 spiro atoms. The molecule has 0 fully saturated rings. The zero-order valence-corrected chi connectivity index (χ0v) is 13.4. The van der Waals surface area contributed by atoms with E-state index in [-0.39, 0.29) is 16.6 Å². The first kappa shape index (κ1) is 16.5. The number of amides is 1. The van der Waals surface area contributed by atoms with Crippen LogP contribution in [-0.4, -0.2) is 21.7 Å². The molecule has 0 unspecified atom stereocenters. The van der Waals surface area contributed by atoms with E-state index >= 15 is 0 Å². The van der Waals surface area contributed by atoms with Gasteiger partial charge in [-0.15, -0.1) is 0 Å². The SMILES string of the molecule is Nc1cc(NC(=O)n2cc(C(=O)O)c(=O)c3ccccc32)ccc1Cl. The Balaban J connectivity index is 2.12. The molecule has 4 N–H and O–H groups in total. The van der Waals surface area contributed by atoms with E-state index in [4.69, 9.17) is 17.3 Å². The number of anilines is 2. The Bertz CT molecular complexity index is 1080. The number of benzene rings is 2. The zero-order valence-electron chi connectivity index (χ0n) is 12.7. The fraction of sp³-hybridized carbons (Fsp3) is 0. The molecule has 1 heterocycles. The zero-order chi connectivity index (χ0) is 18.1. The van der Waals surface area contributed by atoms with E-state index in [1.165, 1.54) is 18.2 Å². The van der Waals surface area contributed by atoms with Crippen LogP contribution in [0.5, 0.6) is 0 Å². The van der Waals surface area contributed by atoms with E-state index in [9.17, 15) is 19.5 Å². The Hall–Kier alpha value is -3.32. The van der Waals surface area contributed by atoms with Crippen molar-refractivity contribution in [2.24, 2.45) is 0 Å². The largest absolute Gasteiger partial charge is 0.477 e. The highest BCUT2D eigenvalue weighted by atomic mass is 35.5. The summed E-state index contributed by atoms with van der Waals surface area (Å²) in [5.41, 5.74) is 5.51. The van der Waals surface area contributed by atoms with Crippen molar-refractivity contribution in [2.75, 3.05) is 11.1 Å². The van der Waals surface area contributed by atoms with Crippen molar-refractivity contribution in [3.8, 4) is 0 Å². The van der Waals surface area contributed by atoms with Gasteiger partial charge < -0.3 is 16.2 Å². The predicted molar refractivity (Wildman–Crippen MR) is 95.4 cm³/mol. The number of rotatable bonds is 2. The van der Waals surface area contributed by atoms with Crippen LogP contribution in [0.1, 0.15) is 10.4 Å². The number of nitrogens with zero attached hydrogens (tertiary/aromatic N) is 1. The summed E-state index contributed by atoms with van der Waals surface area (Å²) in [7, 11) is 0. The van der Waals surface area contributed by atoms with Crippen LogP contribution in [-0.2, 0) is 0 Å². The number of halogens is 1. The molecule has 1 amide bonds. The fourth-order valence-electron chi connectivity index (χ4n) is 2.40. The number of carboxylic acids is 1. The van der Waals surface area contributed by atoms with Crippen LogP contribution in [0.3, 0.4) is 0 Å². The molecule has 0 bridgehead atoms. The number of hydrogen-bond acceptors (Lipinski definition) is 4. The lowest BCUT2D eigenvalue weighted by atomic mass is 10.1. The molecule has 25 heavy (non-hydrogen) atoms. The van der Waals surface area contributed by atoms with E-state index in [1.54, 1.807) is 24.3 Å². The summed E-state index contributed by atoms with van der Waals surface area (Å²) in [6.07, 6.45) is 1.00. The number of nitrogens with two attached hydrogens (primary N) is 1. The lowest BCUT2D eigenvalue weighted by Gasteiger charge is -2.12. The van der Waals surface area contributed by atoms with Crippen LogP contribution in [0.2, 0.25) is 5.02 Å². The minimum Gasteiger partial charge on any atom is -0.477 e. The minimum atomic E-state index is -1.41. The van der Waals surface area contributed by atoms with Crippen molar-refractivity contribution in [3.63, 3.8) is 0 Å². The van der Waals surface area contributed by atoms with Gasteiger partial charge in [-0.2, -0.15) is 0 Å². The summed E-state index contributed by atoms with van der Waals surface area (Å²) in [5, 5.41) is 12.3. The van der Waals surface area contributed by atoms with Crippen LogP contribution >= 0.6 is 11.6 Å². The number of carbonyl (C=O) groups excluding carboxylic acids is 1. The van der Waals surface area contributed by atoms with Gasteiger partial charge in [0.1, 0.15) is 5.56 Å². The van der Waals surface area contributed by atoms with Crippen LogP contribution in [0.4, 0.5) is 16.2 Å². The molecule has 0 aliphatic carbocycles. The average Bonchev–Trinajstić information content (AvgIpc) is 2.58. The maximum Gasteiger partial charge on any atom is 0.341 e. The Morgan fingerprint density at radius 1 is 1.16 bits per heavy atom. The van der Waals surface area contributed by atoms with Gasteiger partial charge in [0.05, 0.1) is 16.2 Å². The summed E-state index contributed by atoms with van der Waals surface area (Å²) in [6, 6.07) is 10.2. The molecule has 126 valence electrons. The number of fused-ring (bicyclic) bond motifs is 1. The van der Waals surface area contributed by atoms with Crippen LogP contribution in [0.25, 0.3) is 10.9 Å². The topological polar surface area (TPSA) is 114 Å². The molecule has 3 rings (SSSR count). The Kier molecular flexibility index (Phi) is 4.16. The van der Waals surface area contributed by atoms with Gasteiger partial charge in [0.2, 0.25) is 5.43 Å². The molecular weight excluding hydrogens is 346 g/mol. The lowest BCUT2D eigenvalue weighted by molar-refractivity contribution is 0.0695. The summed E-state index contributed by atoms with van der Waals surface area (Å²) in [6.45, 7) is 0. The average molecular weight is 358 g/mol. The normalized spacial score (nSPS) is 10.6. The maximum absolute atomic E-state index is 12.6.